The number of nitrogens with one attached hydrogen (secondary N) is 8. The second-order valence-electron chi connectivity index (χ2n) is 36.5. The van der Waals surface area contributed by atoms with Crippen molar-refractivity contribution in [1.82, 2.24) is 90.7 Å². The van der Waals surface area contributed by atoms with E-state index in [9.17, 15) is 48.3 Å². The van der Waals surface area contributed by atoms with Gasteiger partial charge in [0.05, 0.1) is 97.1 Å². The highest BCUT2D eigenvalue weighted by atomic mass is 16.6. The Hall–Kier alpha value is -16.0. The molecule has 6 aromatic heterocycles. The monoisotopic (exact) mass is 1860 g/mol. The summed E-state index contributed by atoms with van der Waals surface area (Å²) in [6.45, 7) is 15.7. The number of rotatable bonds is 24. The molecule has 0 saturated carbocycles. The first kappa shape index (κ1) is 95.2. The van der Waals surface area contributed by atoms with Gasteiger partial charge in [0.15, 0.2) is 6.04 Å². The zero-order chi connectivity index (χ0) is 96.8. The number of carboxylic acid groups (broad SMARTS) is 1. The van der Waals surface area contributed by atoms with Crippen LogP contribution in [0.15, 0.2) is 256 Å². The number of carbonyl (C=O) groups excluding carboxylic acids is 8. The van der Waals surface area contributed by atoms with Crippen molar-refractivity contribution in [2.75, 3.05) is 40.4 Å². The number of aliphatic carboxylic acids is 1. The second-order valence-corrected chi connectivity index (χ2v) is 36.5. The molecule has 31 heteroatoms. The largest absolute Gasteiger partial charge is 0.479 e. The zero-order valence-corrected chi connectivity index (χ0v) is 78.3. The maximum Gasteiger partial charge on any atom is 0.410 e. The first-order chi connectivity index (χ1) is 66.7. The van der Waals surface area contributed by atoms with Gasteiger partial charge in [0.1, 0.15) is 47.0 Å². The highest BCUT2D eigenvalue weighted by Gasteiger charge is 2.42. The molecule has 4 fully saturated rings. The number of likely N-dealkylation sites (tertiary alicyclic amines) is 4. The molecule has 4 aliphatic heterocycles. The molecule has 0 unspecified atom stereocenters. The Labute approximate surface area is 798 Å². The van der Waals surface area contributed by atoms with Gasteiger partial charge in [-0.1, -0.05) is 185 Å². The van der Waals surface area contributed by atoms with Gasteiger partial charge < -0.3 is 75.2 Å². The number of H-pyrrole nitrogens is 4. The minimum Gasteiger partial charge on any atom is -0.479 e. The number of hydrogen-bond donors (Lipinski definition) is 9. The van der Waals surface area contributed by atoms with Crippen LogP contribution in [-0.2, 0) is 33.4 Å². The summed E-state index contributed by atoms with van der Waals surface area (Å²) in [6.07, 6.45) is 18.4. The average molecular weight is 1860 g/mol. The number of benzene rings is 8. The summed E-state index contributed by atoms with van der Waals surface area (Å²) in [5.74, 6) is 0.347. The lowest BCUT2D eigenvalue weighted by atomic mass is 9.98. The zero-order valence-electron chi connectivity index (χ0n) is 78.3. The normalized spacial score (nSPS) is 16.6. The number of nitrogens with zero attached hydrogens (tertiary/aromatic N) is 10. The lowest BCUT2D eigenvalue weighted by Gasteiger charge is -2.30. The van der Waals surface area contributed by atoms with Crippen LogP contribution < -0.4 is 21.3 Å². The molecule has 18 rings (SSSR count). The van der Waals surface area contributed by atoms with Gasteiger partial charge in [-0.2, -0.15) is 0 Å². The fourth-order valence-electron chi connectivity index (χ4n) is 18.2. The number of imidazole rings is 4. The number of pyridine rings is 2. The van der Waals surface area contributed by atoms with Crippen molar-refractivity contribution in [3.05, 3.63) is 301 Å². The first-order valence-electron chi connectivity index (χ1n) is 46.6. The van der Waals surface area contributed by atoms with Crippen molar-refractivity contribution in [2.24, 2.45) is 11.8 Å². The van der Waals surface area contributed by atoms with Crippen LogP contribution in [0.2, 0.25) is 0 Å². The van der Waals surface area contributed by atoms with Crippen LogP contribution in [0.5, 0.6) is 0 Å². The van der Waals surface area contributed by atoms with Crippen LogP contribution in [0.25, 0.3) is 88.8 Å². The van der Waals surface area contributed by atoms with E-state index < -0.39 is 53.8 Å². The Morgan fingerprint density at radius 1 is 0.370 bits per heavy atom. The number of methoxy groups -OCH3 is 2. The van der Waals surface area contributed by atoms with E-state index in [2.05, 4.69) is 177 Å². The molecule has 4 saturated heterocycles. The van der Waals surface area contributed by atoms with E-state index in [1.54, 1.807) is 71.9 Å². The molecule has 8 amide bonds. The molecule has 0 spiro atoms. The number of carbonyl (C=O) groups is 9. The third kappa shape index (κ3) is 22.2. The molecule has 708 valence electrons. The molecule has 10 heterocycles. The van der Waals surface area contributed by atoms with Gasteiger partial charge >= 0.3 is 24.2 Å². The number of aromatic nitrogens is 10. The van der Waals surface area contributed by atoms with E-state index in [0.717, 1.165) is 158 Å². The van der Waals surface area contributed by atoms with E-state index in [1.165, 1.54) is 26.6 Å². The summed E-state index contributed by atoms with van der Waals surface area (Å²) < 4.78 is 15.2. The van der Waals surface area contributed by atoms with Crippen LogP contribution in [0.3, 0.4) is 0 Å². The van der Waals surface area contributed by atoms with Crippen LogP contribution in [-0.4, -0.2) is 186 Å². The summed E-state index contributed by atoms with van der Waals surface area (Å²) in [6, 6.07) is 62.7. The molecule has 138 heavy (non-hydrogen) atoms. The summed E-state index contributed by atoms with van der Waals surface area (Å²) in [4.78, 5) is 163. The third-order valence-corrected chi connectivity index (χ3v) is 25.4. The quantitative estimate of drug-likeness (QED) is 0.0254. The van der Waals surface area contributed by atoms with Crippen molar-refractivity contribution >= 4 is 75.3 Å². The number of carboxylic acids is 1. The van der Waals surface area contributed by atoms with Gasteiger partial charge in [-0.15, -0.1) is 0 Å². The molecule has 4 aliphatic rings. The van der Waals surface area contributed by atoms with Gasteiger partial charge in [0.25, 0.3) is 11.8 Å². The molecular weight excluding hydrogens is 1750 g/mol. The number of alkyl carbamates (subject to hydrolysis) is 2. The van der Waals surface area contributed by atoms with Crippen LogP contribution >= 0.6 is 0 Å². The predicted molar refractivity (Wildman–Crippen MR) is 523 cm³/mol. The van der Waals surface area contributed by atoms with E-state index in [-0.39, 0.29) is 65.7 Å². The molecular formula is C107H112N18O13. The summed E-state index contributed by atoms with van der Waals surface area (Å²) >= 11 is 0. The molecule has 14 aromatic rings. The SMILES string of the molecule is COC(=O)N[C@H](C(=O)N1CCC[C@H]1c1ncc(-c2ccc3cc(-c4ccc(-c5cnc([C@@H]6CCCN6C(=O)OC(C)(C)C)[nH]5)cc4)ccc3c2)[nH]1)C(C)C.COC(=O)N[C@H](C(=O)N1CCC[C@H]1c1ncc(-c2ccc3cc(-c4ccc(-c5cnc([C@@H]6CCCN6C(=O)[C@H](NC(=O)c6cccnc6)c6ccccc6)[nH]5)cc4)ccc3c2)[nH]1)C(C)C.O=C(N[C@@H](C(=O)O)c1ccccc1)c1cccnc1. The first-order valence-corrected chi connectivity index (χ1v) is 46.6. The molecule has 8 aromatic carbocycles. The standard InChI is InChI=1S/C51H51N9O5.C42H49N7O5.C14H12N2O3/c1-31(2)44(58-51(64)65-3)49(62)59-24-8-13-42(59)47-54-30-41(56-47)38-22-21-36-26-35(19-20-37(36)27-38)32-15-17-33(18-16-32)40-29-53-46(55-40)43-14-9-25-60(43)50(63)45(34-10-5-4-6-11-34)57-48(61)39-12-7-23-52-28-39;1-25(2)36(47-40(51)53-6)39(50)48-19-7-9-34(48)37-44-24-33(46-37)31-18-17-29-21-28(15-16-30(29)22-31)26-11-13-27(14-12-26)32-23-43-38(45-32)35-10-8-20-49(35)41(52)54-42(3,4)5;17-13(11-7-4-8-15-9-11)16-12(14(18)19)10-5-2-1-3-6-10/h4-7,10-12,15-23,26-31,42-45H,8-9,13-14,24-25H2,1-3H3,(H,53,55)(H,54,56)(H,57,61)(H,58,64);11-18,21-25,34-36H,7-10,19-20H2,1-6H3,(H,43,45)(H,44,46)(H,47,51);1-9,12H,(H,16,17)(H,18,19)/t42-,43-,44-,45+;34-,35-,36-;12-/m001/s1. The molecule has 31 nitrogen and oxygen atoms in total. The van der Waals surface area contributed by atoms with Crippen LogP contribution in [0, 0.1) is 11.8 Å². The Morgan fingerprint density at radius 2 is 0.688 bits per heavy atom. The minimum absolute atomic E-state index is 0.0963. The summed E-state index contributed by atoms with van der Waals surface area (Å²) in [7, 11) is 2.59. The van der Waals surface area contributed by atoms with E-state index in [1.807, 2.05) is 118 Å². The Bertz CT molecular complexity index is 6680. The lowest BCUT2D eigenvalue weighted by molar-refractivity contribution is -0.139. The van der Waals surface area contributed by atoms with Gasteiger partial charge in [0.2, 0.25) is 17.7 Å². The Balaban J connectivity index is 0.000000169. The summed E-state index contributed by atoms with van der Waals surface area (Å²) in [5.41, 5.74) is 13.3. The van der Waals surface area contributed by atoms with Crippen molar-refractivity contribution in [3.63, 3.8) is 0 Å². The number of amides is 8. The maximum absolute atomic E-state index is 14.3. The van der Waals surface area contributed by atoms with Crippen LogP contribution in [0.1, 0.15) is 191 Å². The van der Waals surface area contributed by atoms with E-state index in [4.69, 9.17) is 29.2 Å². The molecule has 0 radical (unpaired) electrons. The smallest absolute Gasteiger partial charge is 0.410 e. The Morgan fingerprint density at radius 3 is 1.04 bits per heavy atom. The van der Waals surface area contributed by atoms with Crippen molar-refractivity contribution in [1.29, 1.82) is 0 Å². The number of aromatic amines is 4. The van der Waals surface area contributed by atoms with E-state index in [0.29, 0.717) is 54.3 Å². The Kier molecular flexibility index (Phi) is 29.5. The number of fused-ring (bicyclic) bond motifs is 2. The van der Waals surface area contributed by atoms with Gasteiger partial charge in [-0.05, 0) is 199 Å². The predicted octanol–water partition coefficient (Wildman–Crippen LogP) is 18.6. The van der Waals surface area contributed by atoms with E-state index >= 15 is 0 Å². The average Bonchev–Trinajstić information content (AvgIpc) is 1.60. The number of ether oxygens (including phenoxy) is 3. The number of hydrogen-bond acceptors (Lipinski definition) is 18. The second kappa shape index (κ2) is 42.7. The maximum atomic E-state index is 14.3. The van der Waals surface area contributed by atoms with Crippen molar-refractivity contribution in [2.45, 2.75) is 154 Å². The molecule has 8 atom stereocenters. The van der Waals surface area contributed by atoms with Crippen LogP contribution in [0.4, 0.5) is 14.4 Å². The molecule has 9 N–H and O–H groups in total. The van der Waals surface area contributed by atoms with Gasteiger partial charge in [-0.3, -0.25) is 38.8 Å². The molecule has 0 aliphatic carbocycles. The fourth-order valence-corrected chi connectivity index (χ4v) is 18.2. The highest BCUT2D eigenvalue weighted by molar-refractivity contribution is 5.99. The van der Waals surface area contributed by atoms with Crippen molar-refractivity contribution in [3.8, 4) is 67.3 Å². The molecule has 0 bridgehead atoms. The fraction of sp³-hybridized carbons (Fsp3) is 0.299. The van der Waals surface area contributed by atoms with Crippen molar-refractivity contribution < 1.29 is 62.5 Å². The lowest BCUT2D eigenvalue weighted by Crippen LogP contribution is -2.51. The minimum atomic E-state index is -1.11. The third-order valence-electron chi connectivity index (χ3n) is 25.4. The van der Waals surface area contributed by atoms with Gasteiger partial charge in [0, 0.05) is 62.1 Å². The topological polar surface area (TPSA) is 403 Å². The highest BCUT2D eigenvalue weighted by Crippen LogP contribution is 2.41. The summed E-state index contributed by atoms with van der Waals surface area (Å²) in [5, 5.41) is 24.4. The van der Waals surface area contributed by atoms with Gasteiger partial charge in [-0.25, -0.2) is 39.1 Å².